The van der Waals surface area contributed by atoms with Crippen molar-refractivity contribution in [1.82, 2.24) is 10.0 Å². The van der Waals surface area contributed by atoms with Crippen LogP contribution in [0.2, 0.25) is 0 Å². The molecule has 196 valence electrons. The monoisotopic (exact) mass is 516 g/mol. The summed E-state index contributed by atoms with van der Waals surface area (Å²) in [5.74, 6) is 0.561. The Kier molecular flexibility index (Phi) is 10.0. The number of hydrogen-bond donors (Lipinski definition) is 2. The first-order valence-corrected chi connectivity index (χ1v) is 14.5. The molecule has 36 heavy (non-hydrogen) atoms. The standard InChI is InChI=1S/C27H36N2O6S/c1-4-6-9-22-24(25-23(35-22)15-14-21(27(25)31)29-36(3,32)33)26(30)19-10-12-20(13-11-19)34-18-8-17-28-16-7-5-2/h10-15,21,28-29H,4-9,16-18H2,1-3H3. The predicted octanol–water partition coefficient (Wildman–Crippen LogP) is 4.14. The number of sulfonamides is 1. The zero-order valence-electron chi connectivity index (χ0n) is 21.3. The van der Waals surface area contributed by atoms with E-state index in [0.717, 1.165) is 45.0 Å². The van der Waals surface area contributed by atoms with Crippen LogP contribution in [0, 0.1) is 0 Å². The van der Waals surface area contributed by atoms with Gasteiger partial charge in [-0.05, 0) is 62.7 Å². The van der Waals surface area contributed by atoms with Crippen LogP contribution in [0.1, 0.15) is 83.8 Å². The molecule has 0 fully saturated rings. The average molecular weight is 517 g/mol. The number of rotatable bonds is 15. The van der Waals surface area contributed by atoms with Gasteiger partial charge in [0.25, 0.3) is 0 Å². The van der Waals surface area contributed by atoms with E-state index >= 15 is 0 Å². The molecule has 0 aliphatic heterocycles. The second-order valence-corrected chi connectivity index (χ2v) is 10.8. The second-order valence-electron chi connectivity index (χ2n) is 8.99. The van der Waals surface area contributed by atoms with Crippen molar-refractivity contribution in [1.29, 1.82) is 0 Å². The highest BCUT2D eigenvalue weighted by Crippen LogP contribution is 2.32. The first-order valence-electron chi connectivity index (χ1n) is 12.6. The minimum atomic E-state index is -3.63. The summed E-state index contributed by atoms with van der Waals surface area (Å²) >= 11 is 0. The summed E-state index contributed by atoms with van der Waals surface area (Å²) in [6.45, 7) is 6.66. The normalized spacial score (nSPS) is 15.2. The lowest BCUT2D eigenvalue weighted by atomic mass is 9.90. The number of unbranched alkanes of at least 4 members (excludes halogenated alkanes) is 2. The van der Waals surface area contributed by atoms with Crippen molar-refractivity contribution in [3.05, 3.63) is 58.6 Å². The summed E-state index contributed by atoms with van der Waals surface area (Å²) in [5, 5.41) is 3.37. The van der Waals surface area contributed by atoms with Crippen LogP contribution in [-0.2, 0) is 16.4 Å². The lowest BCUT2D eigenvalue weighted by molar-refractivity contribution is 0.0957. The van der Waals surface area contributed by atoms with E-state index in [0.29, 0.717) is 30.1 Å². The third-order valence-corrected chi connectivity index (χ3v) is 6.58. The number of ether oxygens (including phenoxy) is 1. The fourth-order valence-corrected chi connectivity index (χ4v) is 4.67. The maximum absolute atomic E-state index is 13.6. The lowest BCUT2D eigenvalue weighted by Crippen LogP contribution is -2.40. The Morgan fingerprint density at radius 3 is 2.42 bits per heavy atom. The van der Waals surface area contributed by atoms with E-state index in [1.165, 1.54) is 12.5 Å². The Morgan fingerprint density at radius 1 is 1.06 bits per heavy atom. The van der Waals surface area contributed by atoms with Crippen molar-refractivity contribution in [2.75, 3.05) is 26.0 Å². The molecular weight excluding hydrogens is 480 g/mol. The molecule has 0 amide bonds. The van der Waals surface area contributed by atoms with Crippen LogP contribution < -0.4 is 14.8 Å². The minimum absolute atomic E-state index is 0.130. The van der Waals surface area contributed by atoms with Crippen molar-refractivity contribution in [3.63, 3.8) is 0 Å². The number of carbonyl (C=O) groups excluding carboxylic acids is 2. The molecule has 2 aromatic rings. The second kappa shape index (κ2) is 13.0. The highest BCUT2D eigenvalue weighted by molar-refractivity contribution is 7.88. The van der Waals surface area contributed by atoms with Gasteiger partial charge in [-0.3, -0.25) is 9.59 Å². The Hall–Kier alpha value is -2.75. The van der Waals surface area contributed by atoms with Crippen molar-refractivity contribution < 1.29 is 27.2 Å². The van der Waals surface area contributed by atoms with Gasteiger partial charge in [0, 0.05) is 12.0 Å². The number of benzene rings is 1. The van der Waals surface area contributed by atoms with Gasteiger partial charge < -0.3 is 14.5 Å². The van der Waals surface area contributed by atoms with Crippen molar-refractivity contribution in [3.8, 4) is 5.75 Å². The smallest absolute Gasteiger partial charge is 0.209 e. The molecule has 1 heterocycles. The number of fused-ring (bicyclic) bond motifs is 1. The topological polar surface area (TPSA) is 115 Å². The molecule has 0 radical (unpaired) electrons. The summed E-state index contributed by atoms with van der Waals surface area (Å²) in [5.41, 5.74) is 0.741. The van der Waals surface area contributed by atoms with Crippen molar-refractivity contribution >= 4 is 27.7 Å². The molecule has 1 aromatic heterocycles. The van der Waals surface area contributed by atoms with Crippen molar-refractivity contribution in [2.45, 2.75) is 58.4 Å². The molecule has 9 heteroatoms. The van der Waals surface area contributed by atoms with E-state index in [4.69, 9.17) is 9.15 Å². The number of aryl methyl sites for hydroxylation is 1. The number of Topliss-reactive ketones (excluding diaryl/α,β-unsaturated/α-hetero) is 1. The highest BCUT2D eigenvalue weighted by Gasteiger charge is 2.35. The van der Waals surface area contributed by atoms with Crippen LogP contribution in [-0.4, -0.2) is 52.0 Å². The summed E-state index contributed by atoms with van der Waals surface area (Å²) in [4.78, 5) is 26.8. The van der Waals surface area contributed by atoms with Gasteiger partial charge in [-0.15, -0.1) is 0 Å². The van der Waals surface area contributed by atoms with E-state index < -0.39 is 21.8 Å². The molecule has 8 nitrogen and oxygen atoms in total. The summed E-state index contributed by atoms with van der Waals surface area (Å²) in [6.07, 6.45) is 9.38. The summed E-state index contributed by atoms with van der Waals surface area (Å²) < 4.78 is 37.5. The van der Waals surface area contributed by atoms with Crippen LogP contribution in [0.15, 0.2) is 34.8 Å². The van der Waals surface area contributed by atoms with Crippen LogP contribution >= 0.6 is 0 Å². The summed E-state index contributed by atoms with van der Waals surface area (Å²) in [7, 11) is -3.63. The van der Waals surface area contributed by atoms with E-state index in [-0.39, 0.29) is 22.7 Å². The molecule has 0 saturated heterocycles. The van der Waals surface area contributed by atoms with E-state index in [2.05, 4.69) is 17.0 Å². The van der Waals surface area contributed by atoms with Gasteiger partial charge in [-0.1, -0.05) is 32.8 Å². The predicted molar refractivity (Wildman–Crippen MR) is 140 cm³/mol. The molecule has 1 aliphatic rings. The van der Waals surface area contributed by atoms with Crippen LogP contribution in [0.5, 0.6) is 5.75 Å². The molecule has 2 N–H and O–H groups in total. The highest BCUT2D eigenvalue weighted by atomic mass is 32.2. The Morgan fingerprint density at radius 2 is 1.75 bits per heavy atom. The SMILES string of the molecule is CCCCNCCCOc1ccc(C(=O)c2c(CCCC)oc3c2C(=O)C(NS(C)(=O)=O)C=C3)cc1. The largest absolute Gasteiger partial charge is 0.494 e. The maximum Gasteiger partial charge on any atom is 0.209 e. The number of nitrogens with one attached hydrogen (secondary N) is 2. The zero-order valence-corrected chi connectivity index (χ0v) is 22.1. The number of ketones is 2. The Bertz CT molecular complexity index is 1180. The molecule has 1 aliphatic carbocycles. The minimum Gasteiger partial charge on any atom is -0.494 e. The van der Waals surface area contributed by atoms with Crippen LogP contribution in [0.25, 0.3) is 6.08 Å². The first-order chi connectivity index (χ1) is 17.2. The van der Waals surface area contributed by atoms with E-state index in [9.17, 15) is 18.0 Å². The lowest BCUT2D eigenvalue weighted by Gasteiger charge is -2.16. The van der Waals surface area contributed by atoms with Crippen molar-refractivity contribution in [2.24, 2.45) is 0 Å². The molecule has 1 unspecified atom stereocenters. The van der Waals surface area contributed by atoms with Gasteiger partial charge in [-0.2, -0.15) is 0 Å². The molecule has 1 atom stereocenters. The molecule has 3 rings (SSSR count). The summed E-state index contributed by atoms with van der Waals surface area (Å²) in [6, 6.07) is 5.76. The van der Waals surface area contributed by atoms with Crippen LogP contribution in [0.4, 0.5) is 0 Å². The fraction of sp³-hybridized carbons (Fsp3) is 0.481. The Labute approximate surface area is 213 Å². The van der Waals surface area contributed by atoms with Gasteiger partial charge >= 0.3 is 0 Å². The van der Waals surface area contributed by atoms with E-state index in [1.54, 1.807) is 30.3 Å². The Balaban J connectivity index is 1.77. The maximum atomic E-state index is 13.6. The molecule has 0 saturated carbocycles. The third kappa shape index (κ3) is 7.38. The van der Waals surface area contributed by atoms with Gasteiger partial charge in [0.05, 0.1) is 24.0 Å². The van der Waals surface area contributed by atoms with Crippen LogP contribution in [0.3, 0.4) is 0 Å². The molecular formula is C27H36N2O6S. The fourth-order valence-electron chi connectivity index (χ4n) is 4.02. The van der Waals surface area contributed by atoms with E-state index in [1.807, 2.05) is 6.92 Å². The van der Waals surface area contributed by atoms with Gasteiger partial charge in [0.1, 0.15) is 23.3 Å². The average Bonchev–Trinajstić information content (AvgIpc) is 3.22. The molecule has 0 spiro atoms. The van der Waals surface area contributed by atoms with Gasteiger partial charge in [0.2, 0.25) is 10.0 Å². The number of carbonyl (C=O) groups is 2. The number of hydrogen-bond acceptors (Lipinski definition) is 7. The first kappa shape index (κ1) is 27.8. The van der Waals surface area contributed by atoms with Gasteiger partial charge in [-0.25, -0.2) is 13.1 Å². The molecule has 0 bridgehead atoms. The van der Waals surface area contributed by atoms with Gasteiger partial charge in [0.15, 0.2) is 11.6 Å². The third-order valence-electron chi connectivity index (χ3n) is 5.89. The zero-order chi connectivity index (χ0) is 26.1. The quantitative estimate of drug-likeness (QED) is 0.270. The molecule has 1 aromatic carbocycles. The number of furan rings is 1.